The van der Waals surface area contributed by atoms with Gasteiger partial charge in [-0.25, -0.2) is 0 Å². The fourth-order valence-corrected chi connectivity index (χ4v) is 1.91. The SMILES string of the molecule is CNC(=O)C(C)Sc1ccccc1. The normalized spacial score (nSPS) is 12.2. The summed E-state index contributed by atoms with van der Waals surface area (Å²) in [6.45, 7) is 1.90. The number of thioether (sulfide) groups is 1. The topological polar surface area (TPSA) is 29.1 Å². The lowest BCUT2D eigenvalue weighted by Gasteiger charge is -2.08. The van der Waals surface area contributed by atoms with Gasteiger partial charge in [-0.3, -0.25) is 4.79 Å². The molecule has 1 N–H and O–H groups in total. The number of nitrogens with one attached hydrogen (secondary N) is 1. The Balaban J connectivity index is 2.55. The van der Waals surface area contributed by atoms with Gasteiger partial charge in [0.05, 0.1) is 5.25 Å². The minimum atomic E-state index is -0.0348. The van der Waals surface area contributed by atoms with E-state index in [1.54, 1.807) is 18.8 Å². The minimum Gasteiger partial charge on any atom is -0.358 e. The molecule has 0 saturated heterocycles. The molecule has 1 unspecified atom stereocenters. The average Bonchev–Trinajstić information content (AvgIpc) is 2.18. The van der Waals surface area contributed by atoms with E-state index in [1.165, 1.54) is 0 Å². The largest absolute Gasteiger partial charge is 0.358 e. The van der Waals surface area contributed by atoms with Crippen LogP contribution in [-0.4, -0.2) is 18.2 Å². The molecule has 0 heterocycles. The van der Waals surface area contributed by atoms with Crippen LogP contribution in [0.4, 0.5) is 0 Å². The molecule has 1 aromatic rings. The Hall–Kier alpha value is -0.960. The van der Waals surface area contributed by atoms with Gasteiger partial charge in [0.25, 0.3) is 0 Å². The predicted octanol–water partition coefficient (Wildman–Crippen LogP) is 1.91. The highest BCUT2D eigenvalue weighted by Gasteiger charge is 2.11. The molecule has 13 heavy (non-hydrogen) atoms. The first kappa shape index (κ1) is 10.1. The van der Waals surface area contributed by atoms with Crippen LogP contribution in [0.2, 0.25) is 0 Å². The molecule has 3 heteroatoms. The van der Waals surface area contributed by atoms with Crippen molar-refractivity contribution in [2.75, 3.05) is 7.05 Å². The van der Waals surface area contributed by atoms with Crippen LogP contribution in [0.25, 0.3) is 0 Å². The summed E-state index contributed by atoms with van der Waals surface area (Å²) in [5.41, 5.74) is 0. The molecular weight excluding hydrogens is 182 g/mol. The van der Waals surface area contributed by atoms with E-state index in [0.717, 1.165) is 4.90 Å². The summed E-state index contributed by atoms with van der Waals surface area (Å²) in [6, 6.07) is 9.92. The monoisotopic (exact) mass is 195 g/mol. The number of carbonyl (C=O) groups excluding carboxylic acids is 1. The first-order valence-electron chi connectivity index (χ1n) is 4.17. The Morgan fingerprint density at radius 2 is 2.00 bits per heavy atom. The van der Waals surface area contributed by atoms with Crippen LogP contribution in [0.3, 0.4) is 0 Å². The summed E-state index contributed by atoms with van der Waals surface area (Å²) in [5.74, 6) is 0.0638. The zero-order chi connectivity index (χ0) is 9.68. The molecule has 0 radical (unpaired) electrons. The van der Waals surface area contributed by atoms with Gasteiger partial charge in [0.15, 0.2) is 0 Å². The number of amides is 1. The van der Waals surface area contributed by atoms with Crippen LogP contribution >= 0.6 is 11.8 Å². The smallest absolute Gasteiger partial charge is 0.232 e. The molecule has 70 valence electrons. The number of rotatable bonds is 3. The maximum atomic E-state index is 11.2. The van der Waals surface area contributed by atoms with Crippen LogP contribution in [0, 0.1) is 0 Å². The van der Waals surface area contributed by atoms with Gasteiger partial charge in [-0.2, -0.15) is 0 Å². The van der Waals surface area contributed by atoms with E-state index in [-0.39, 0.29) is 11.2 Å². The highest BCUT2D eigenvalue weighted by Crippen LogP contribution is 2.22. The van der Waals surface area contributed by atoms with Gasteiger partial charge in [-0.05, 0) is 19.1 Å². The summed E-state index contributed by atoms with van der Waals surface area (Å²) in [5, 5.41) is 2.59. The molecular formula is C10H13NOS. The Kier molecular flexibility index (Phi) is 3.83. The van der Waals surface area contributed by atoms with Gasteiger partial charge in [-0.15, -0.1) is 11.8 Å². The van der Waals surface area contributed by atoms with Crippen LogP contribution in [0.5, 0.6) is 0 Å². The summed E-state index contributed by atoms with van der Waals surface area (Å²) < 4.78 is 0. The van der Waals surface area contributed by atoms with Crippen molar-refractivity contribution in [1.29, 1.82) is 0 Å². The Morgan fingerprint density at radius 1 is 1.38 bits per heavy atom. The average molecular weight is 195 g/mol. The minimum absolute atomic E-state index is 0.0348. The van der Waals surface area contributed by atoms with E-state index in [9.17, 15) is 4.79 Å². The molecule has 1 aromatic carbocycles. The summed E-state index contributed by atoms with van der Waals surface area (Å²) in [6.07, 6.45) is 0. The molecule has 2 nitrogen and oxygen atoms in total. The van der Waals surface area contributed by atoms with E-state index in [0.29, 0.717) is 0 Å². The summed E-state index contributed by atoms with van der Waals surface area (Å²) >= 11 is 1.56. The van der Waals surface area contributed by atoms with Gasteiger partial charge in [0.1, 0.15) is 0 Å². The second-order valence-corrected chi connectivity index (χ2v) is 4.10. The van der Waals surface area contributed by atoms with Crippen LogP contribution < -0.4 is 5.32 Å². The molecule has 1 amide bonds. The van der Waals surface area contributed by atoms with Crippen molar-refractivity contribution < 1.29 is 4.79 Å². The Morgan fingerprint density at radius 3 is 2.54 bits per heavy atom. The van der Waals surface area contributed by atoms with Gasteiger partial charge in [-0.1, -0.05) is 18.2 Å². The Labute approximate surface area is 82.7 Å². The number of carbonyl (C=O) groups is 1. The van der Waals surface area contributed by atoms with Crippen molar-refractivity contribution in [2.24, 2.45) is 0 Å². The van der Waals surface area contributed by atoms with E-state index in [2.05, 4.69) is 5.32 Å². The van der Waals surface area contributed by atoms with Gasteiger partial charge in [0.2, 0.25) is 5.91 Å². The third-order valence-corrected chi connectivity index (χ3v) is 2.78. The van der Waals surface area contributed by atoms with Gasteiger partial charge < -0.3 is 5.32 Å². The lowest BCUT2D eigenvalue weighted by molar-refractivity contribution is -0.119. The zero-order valence-corrected chi connectivity index (χ0v) is 8.60. The standard InChI is InChI=1S/C10H13NOS/c1-8(10(12)11-2)13-9-6-4-3-5-7-9/h3-8H,1-2H3,(H,11,12). The van der Waals surface area contributed by atoms with Gasteiger partial charge >= 0.3 is 0 Å². The lowest BCUT2D eigenvalue weighted by Crippen LogP contribution is -2.26. The highest BCUT2D eigenvalue weighted by molar-refractivity contribution is 8.00. The lowest BCUT2D eigenvalue weighted by atomic mass is 10.4. The molecule has 0 spiro atoms. The third kappa shape index (κ3) is 3.11. The number of hydrogen-bond acceptors (Lipinski definition) is 2. The highest BCUT2D eigenvalue weighted by atomic mass is 32.2. The predicted molar refractivity (Wildman–Crippen MR) is 55.8 cm³/mol. The van der Waals surface area contributed by atoms with E-state index in [4.69, 9.17) is 0 Å². The summed E-state index contributed by atoms with van der Waals surface area (Å²) in [4.78, 5) is 12.3. The fraction of sp³-hybridized carbons (Fsp3) is 0.300. The molecule has 0 aliphatic carbocycles. The van der Waals surface area contributed by atoms with Crippen LogP contribution in [0.15, 0.2) is 35.2 Å². The summed E-state index contributed by atoms with van der Waals surface area (Å²) in [7, 11) is 1.66. The van der Waals surface area contributed by atoms with E-state index < -0.39 is 0 Å². The molecule has 0 bridgehead atoms. The molecule has 1 rings (SSSR count). The van der Waals surface area contributed by atoms with E-state index >= 15 is 0 Å². The molecule has 0 aliphatic heterocycles. The second-order valence-electron chi connectivity index (χ2n) is 2.69. The van der Waals surface area contributed by atoms with Crippen molar-refractivity contribution in [3.8, 4) is 0 Å². The quantitative estimate of drug-likeness (QED) is 0.746. The van der Waals surface area contributed by atoms with Crippen molar-refractivity contribution in [1.82, 2.24) is 5.32 Å². The second kappa shape index (κ2) is 4.92. The number of hydrogen-bond donors (Lipinski definition) is 1. The zero-order valence-electron chi connectivity index (χ0n) is 7.78. The third-order valence-electron chi connectivity index (χ3n) is 1.67. The van der Waals surface area contributed by atoms with Crippen LogP contribution in [-0.2, 0) is 4.79 Å². The Bertz CT molecular complexity index is 274. The molecule has 0 aromatic heterocycles. The molecule has 0 saturated carbocycles. The first-order valence-corrected chi connectivity index (χ1v) is 5.05. The molecule has 1 atom stereocenters. The van der Waals surface area contributed by atoms with Gasteiger partial charge in [0, 0.05) is 11.9 Å². The maximum absolute atomic E-state index is 11.2. The molecule has 0 fully saturated rings. The fourth-order valence-electron chi connectivity index (χ4n) is 0.960. The van der Waals surface area contributed by atoms with Crippen molar-refractivity contribution in [3.05, 3.63) is 30.3 Å². The van der Waals surface area contributed by atoms with Crippen LogP contribution in [0.1, 0.15) is 6.92 Å². The van der Waals surface area contributed by atoms with Crippen molar-refractivity contribution >= 4 is 17.7 Å². The van der Waals surface area contributed by atoms with E-state index in [1.807, 2.05) is 37.3 Å². The molecule has 0 aliphatic rings. The first-order chi connectivity index (χ1) is 6.24. The maximum Gasteiger partial charge on any atom is 0.232 e. The van der Waals surface area contributed by atoms with Crippen molar-refractivity contribution in [3.63, 3.8) is 0 Å². The number of benzene rings is 1. The van der Waals surface area contributed by atoms with Crippen molar-refractivity contribution in [2.45, 2.75) is 17.1 Å².